The number of hydrogen-bond acceptors (Lipinski definition) is 3. The van der Waals surface area contributed by atoms with E-state index in [1.807, 2.05) is 0 Å². The van der Waals surface area contributed by atoms with E-state index in [4.69, 9.17) is 0 Å². The Morgan fingerprint density at radius 2 is 2.00 bits per heavy atom. The maximum absolute atomic E-state index is 13.3. The highest BCUT2D eigenvalue weighted by Crippen LogP contribution is 2.20. The molecule has 0 radical (unpaired) electrons. The Morgan fingerprint density at radius 3 is 2.71 bits per heavy atom. The Labute approximate surface area is 118 Å². The molecule has 0 fully saturated rings. The minimum Gasteiger partial charge on any atom is -0.434 e. The second kappa shape index (κ2) is 6.74. The van der Waals surface area contributed by atoms with Crippen LogP contribution in [0.3, 0.4) is 0 Å². The molecule has 2 rings (SSSR count). The van der Waals surface area contributed by atoms with Gasteiger partial charge in [0.15, 0.2) is 0 Å². The molecule has 21 heavy (non-hydrogen) atoms. The number of alkyl halides is 2. The highest BCUT2D eigenvalue weighted by molar-refractivity contribution is 5.94. The van der Waals surface area contributed by atoms with Gasteiger partial charge in [-0.15, -0.1) is 0 Å². The molecule has 7 heteroatoms. The van der Waals surface area contributed by atoms with Crippen LogP contribution >= 0.6 is 0 Å². The van der Waals surface area contributed by atoms with Crippen LogP contribution in [0.25, 0.3) is 0 Å². The molecule has 1 amide bonds. The van der Waals surface area contributed by atoms with E-state index in [9.17, 15) is 18.0 Å². The smallest absolute Gasteiger partial charge is 0.387 e. The molecule has 0 aliphatic carbocycles. The van der Waals surface area contributed by atoms with Gasteiger partial charge < -0.3 is 10.1 Å². The number of rotatable bonds is 5. The first-order valence-electron chi connectivity index (χ1n) is 5.99. The number of benzene rings is 1. The molecule has 1 N–H and O–H groups in total. The van der Waals surface area contributed by atoms with Crippen LogP contribution in [0.5, 0.6) is 5.75 Å². The van der Waals surface area contributed by atoms with E-state index in [1.165, 1.54) is 36.5 Å². The molecule has 110 valence electrons. The van der Waals surface area contributed by atoms with E-state index in [0.717, 1.165) is 0 Å². The van der Waals surface area contributed by atoms with Crippen LogP contribution in [0.15, 0.2) is 42.6 Å². The lowest BCUT2D eigenvalue weighted by Gasteiger charge is -2.11. The molecule has 4 nitrogen and oxygen atoms in total. The molecule has 0 aliphatic heterocycles. The molecule has 0 bridgehead atoms. The fraction of sp³-hybridized carbons (Fsp3) is 0.143. The lowest BCUT2D eigenvalue weighted by Crippen LogP contribution is -2.24. The molecule has 0 atom stereocenters. The van der Waals surface area contributed by atoms with Crippen molar-refractivity contribution < 1.29 is 22.7 Å². The molecular formula is C14H11F3N2O2. The van der Waals surface area contributed by atoms with Gasteiger partial charge in [-0.1, -0.05) is 18.2 Å². The average Bonchev–Trinajstić information content (AvgIpc) is 2.46. The van der Waals surface area contributed by atoms with E-state index < -0.39 is 18.5 Å². The van der Waals surface area contributed by atoms with Gasteiger partial charge in [0.1, 0.15) is 5.75 Å². The minimum atomic E-state index is -2.96. The molecule has 0 unspecified atom stereocenters. The zero-order valence-electron chi connectivity index (χ0n) is 10.7. The zero-order chi connectivity index (χ0) is 15.2. The number of hydrogen-bond donors (Lipinski definition) is 1. The molecule has 0 aliphatic rings. The van der Waals surface area contributed by atoms with Crippen LogP contribution in [0.1, 0.15) is 15.9 Å². The van der Waals surface area contributed by atoms with Gasteiger partial charge in [0.05, 0.1) is 5.56 Å². The van der Waals surface area contributed by atoms with E-state index in [2.05, 4.69) is 15.0 Å². The maximum atomic E-state index is 13.3. The van der Waals surface area contributed by atoms with Crippen LogP contribution < -0.4 is 10.1 Å². The molecule has 0 saturated carbocycles. The third-order valence-electron chi connectivity index (χ3n) is 2.63. The fourth-order valence-electron chi connectivity index (χ4n) is 1.69. The zero-order valence-corrected chi connectivity index (χ0v) is 10.7. The van der Waals surface area contributed by atoms with Crippen LogP contribution in [0.4, 0.5) is 13.2 Å². The first kappa shape index (κ1) is 14.8. The van der Waals surface area contributed by atoms with Crippen LogP contribution in [0.2, 0.25) is 0 Å². The highest BCUT2D eigenvalue weighted by atomic mass is 19.3. The summed E-state index contributed by atoms with van der Waals surface area (Å²) in [5.41, 5.74) is 0.139. The summed E-state index contributed by atoms with van der Waals surface area (Å²) in [4.78, 5) is 15.2. The number of nitrogens with zero attached hydrogens (tertiary/aromatic N) is 1. The third-order valence-corrected chi connectivity index (χ3v) is 2.63. The Hall–Kier alpha value is -2.57. The van der Waals surface area contributed by atoms with Crippen LogP contribution in [-0.2, 0) is 6.54 Å². The molecule has 1 aromatic heterocycles. The number of aromatic nitrogens is 1. The summed E-state index contributed by atoms with van der Waals surface area (Å²) in [5.74, 6) is -1.63. The van der Waals surface area contributed by atoms with Gasteiger partial charge in [0.25, 0.3) is 5.91 Å². The van der Waals surface area contributed by atoms with Crippen molar-refractivity contribution in [3.63, 3.8) is 0 Å². The van der Waals surface area contributed by atoms with Gasteiger partial charge in [-0.2, -0.15) is 13.2 Å². The van der Waals surface area contributed by atoms with Gasteiger partial charge in [-0.25, -0.2) is 4.98 Å². The number of pyridine rings is 1. The third kappa shape index (κ3) is 3.95. The summed E-state index contributed by atoms with van der Waals surface area (Å²) in [6.07, 6.45) is 1.22. The fourth-order valence-corrected chi connectivity index (χ4v) is 1.69. The van der Waals surface area contributed by atoms with E-state index in [1.54, 1.807) is 6.07 Å². The van der Waals surface area contributed by atoms with Gasteiger partial charge in [0, 0.05) is 18.3 Å². The highest BCUT2D eigenvalue weighted by Gasteiger charge is 2.13. The molecular weight excluding hydrogens is 285 g/mol. The second-order valence-corrected chi connectivity index (χ2v) is 4.01. The minimum absolute atomic E-state index is 0.0422. The van der Waals surface area contributed by atoms with Crippen LogP contribution in [0, 0.1) is 5.95 Å². The van der Waals surface area contributed by atoms with E-state index >= 15 is 0 Å². The normalized spacial score (nSPS) is 10.5. The van der Waals surface area contributed by atoms with Crippen molar-refractivity contribution >= 4 is 5.91 Å². The molecule has 0 saturated heterocycles. The topological polar surface area (TPSA) is 51.2 Å². The number of amides is 1. The van der Waals surface area contributed by atoms with Crippen molar-refractivity contribution in [1.82, 2.24) is 10.3 Å². The molecule has 2 aromatic rings. The summed E-state index contributed by atoms with van der Waals surface area (Å²) < 4.78 is 42.2. The predicted octanol–water partition coefficient (Wildman–Crippen LogP) is 2.75. The van der Waals surface area contributed by atoms with Crippen molar-refractivity contribution in [2.45, 2.75) is 13.2 Å². The summed E-state index contributed by atoms with van der Waals surface area (Å²) in [6, 6.07) is 8.73. The number of carbonyl (C=O) groups excluding carboxylic acids is 1. The summed E-state index contributed by atoms with van der Waals surface area (Å²) in [6.45, 7) is -3.03. The Bertz CT molecular complexity index is 635. The molecule has 0 spiro atoms. The van der Waals surface area contributed by atoms with Gasteiger partial charge in [0.2, 0.25) is 5.95 Å². The van der Waals surface area contributed by atoms with E-state index in [0.29, 0.717) is 5.56 Å². The van der Waals surface area contributed by atoms with Crippen LogP contribution in [-0.4, -0.2) is 17.5 Å². The Balaban J connectivity index is 2.07. The number of para-hydroxylation sites is 1. The van der Waals surface area contributed by atoms with Crippen molar-refractivity contribution in [3.8, 4) is 5.75 Å². The first-order chi connectivity index (χ1) is 10.1. The number of ether oxygens (including phenoxy) is 1. The summed E-state index contributed by atoms with van der Waals surface area (Å²) >= 11 is 0. The standard InChI is InChI=1S/C14H11F3N2O2/c15-12-10(5-3-7-18-12)13(20)19-8-9-4-1-2-6-11(9)21-14(16)17/h1-7,14H,8H2,(H,19,20). The summed E-state index contributed by atoms with van der Waals surface area (Å²) in [7, 11) is 0. The second-order valence-electron chi connectivity index (χ2n) is 4.01. The SMILES string of the molecule is O=C(NCc1ccccc1OC(F)F)c1cccnc1F. The van der Waals surface area contributed by atoms with Crippen molar-refractivity contribution in [1.29, 1.82) is 0 Å². The quantitative estimate of drug-likeness (QED) is 0.863. The number of carbonyl (C=O) groups is 1. The van der Waals surface area contributed by atoms with Gasteiger partial charge in [-0.3, -0.25) is 4.79 Å². The lowest BCUT2D eigenvalue weighted by molar-refractivity contribution is -0.0504. The Kier molecular flexibility index (Phi) is 4.76. The van der Waals surface area contributed by atoms with Gasteiger partial charge >= 0.3 is 6.61 Å². The maximum Gasteiger partial charge on any atom is 0.387 e. The van der Waals surface area contributed by atoms with Gasteiger partial charge in [-0.05, 0) is 18.2 Å². The number of nitrogens with one attached hydrogen (secondary N) is 1. The largest absolute Gasteiger partial charge is 0.434 e. The van der Waals surface area contributed by atoms with Crippen molar-refractivity contribution in [3.05, 3.63) is 59.7 Å². The van der Waals surface area contributed by atoms with Crippen molar-refractivity contribution in [2.24, 2.45) is 0 Å². The first-order valence-corrected chi connectivity index (χ1v) is 5.99. The van der Waals surface area contributed by atoms with E-state index in [-0.39, 0.29) is 17.9 Å². The Morgan fingerprint density at radius 1 is 1.24 bits per heavy atom. The monoisotopic (exact) mass is 296 g/mol. The average molecular weight is 296 g/mol. The number of halogens is 3. The van der Waals surface area contributed by atoms with Crippen molar-refractivity contribution in [2.75, 3.05) is 0 Å². The lowest BCUT2D eigenvalue weighted by atomic mass is 10.2. The molecule has 1 heterocycles. The molecule has 1 aromatic carbocycles. The predicted molar refractivity (Wildman–Crippen MR) is 68.4 cm³/mol. The summed E-state index contributed by atoms with van der Waals surface area (Å²) in [5, 5.41) is 2.43.